The van der Waals surface area contributed by atoms with Crippen molar-refractivity contribution in [3.8, 4) is 0 Å². The smallest absolute Gasteiger partial charge is 0.223 e. The zero-order valence-electron chi connectivity index (χ0n) is 13.5. The lowest BCUT2D eigenvalue weighted by Crippen LogP contribution is -2.45. The van der Waals surface area contributed by atoms with Gasteiger partial charge in [0.1, 0.15) is 0 Å². The molecule has 0 spiro atoms. The van der Waals surface area contributed by atoms with Gasteiger partial charge in [0.15, 0.2) is 0 Å². The van der Waals surface area contributed by atoms with Gasteiger partial charge in [0, 0.05) is 56.2 Å². The highest BCUT2D eigenvalue weighted by Crippen LogP contribution is 2.42. The number of nitrogens with zero attached hydrogens (tertiary/aromatic N) is 2. The summed E-state index contributed by atoms with van der Waals surface area (Å²) >= 11 is 0. The highest BCUT2D eigenvalue weighted by Gasteiger charge is 2.43. The molecule has 1 saturated carbocycles. The summed E-state index contributed by atoms with van der Waals surface area (Å²) in [5.41, 5.74) is 1.22. The first-order chi connectivity index (χ1) is 11.3. The van der Waals surface area contributed by atoms with Gasteiger partial charge in [0.25, 0.3) is 0 Å². The number of rotatable bonds is 4. The third-order valence-corrected chi connectivity index (χ3v) is 5.54. The van der Waals surface area contributed by atoms with Crippen molar-refractivity contribution in [2.75, 3.05) is 31.2 Å². The van der Waals surface area contributed by atoms with E-state index in [4.69, 9.17) is 4.74 Å². The van der Waals surface area contributed by atoms with E-state index in [0.29, 0.717) is 5.92 Å². The molecule has 3 fully saturated rings. The predicted molar refractivity (Wildman–Crippen MR) is 88.1 cm³/mol. The Kier molecular flexibility index (Phi) is 4.21. The van der Waals surface area contributed by atoms with Crippen molar-refractivity contribution in [2.45, 2.75) is 31.7 Å². The van der Waals surface area contributed by atoms with Crippen LogP contribution < -0.4 is 10.2 Å². The standard InChI is InChI=1S/C18H25N3O2/c22-18(14-5-9-23-10-6-14)20-17-12-21(11-16(17)13-1-2-13)15-3-7-19-8-4-15/h3-4,7-8,13-14,16-17H,1-2,5-6,9-12H2,(H,20,22)/t16-,17+/m0/s1. The van der Waals surface area contributed by atoms with Crippen LogP contribution in [0.1, 0.15) is 25.7 Å². The molecule has 1 aromatic rings. The fourth-order valence-electron chi connectivity index (χ4n) is 4.01. The molecule has 2 aliphatic heterocycles. The van der Waals surface area contributed by atoms with Crippen molar-refractivity contribution in [3.63, 3.8) is 0 Å². The maximum absolute atomic E-state index is 12.6. The first-order valence-corrected chi connectivity index (χ1v) is 8.84. The molecule has 4 rings (SSSR count). The van der Waals surface area contributed by atoms with E-state index >= 15 is 0 Å². The minimum absolute atomic E-state index is 0.138. The minimum Gasteiger partial charge on any atom is -0.381 e. The van der Waals surface area contributed by atoms with Gasteiger partial charge in [-0.1, -0.05) is 0 Å². The lowest BCUT2D eigenvalue weighted by atomic mass is 9.95. The lowest BCUT2D eigenvalue weighted by molar-refractivity contribution is -0.128. The van der Waals surface area contributed by atoms with Crippen LogP contribution >= 0.6 is 0 Å². The summed E-state index contributed by atoms with van der Waals surface area (Å²) in [5.74, 6) is 1.76. The van der Waals surface area contributed by atoms with Crippen molar-refractivity contribution in [3.05, 3.63) is 24.5 Å². The second kappa shape index (κ2) is 6.48. The van der Waals surface area contributed by atoms with Crippen molar-refractivity contribution in [1.82, 2.24) is 10.3 Å². The molecular formula is C18H25N3O2. The summed E-state index contributed by atoms with van der Waals surface area (Å²) in [6.45, 7) is 3.41. The van der Waals surface area contributed by atoms with Crippen LogP contribution in [0.15, 0.2) is 24.5 Å². The highest BCUT2D eigenvalue weighted by atomic mass is 16.5. The Labute approximate surface area is 137 Å². The van der Waals surface area contributed by atoms with Crippen LogP contribution in [0.4, 0.5) is 5.69 Å². The van der Waals surface area contributed by atoms with E-state index in [9.17, 15) is 4.79 Å². The maximum atomic E-state index is 12.6. The van der Waals surface area contributed by atoms with Gasteiger partial charge in [-0.25, -0.2) is 0 Å². The Morgan fingerprint density at radius 3 is 2.57 bits per heavy atom. The summed E-state index contributed by atoms with van der Waals surface area (Å²) < 4.78 is 5.37. The van der Waals surface area contributed by atoms with Crippen molar-refractivity contribution in [1.29, 1.82) is 0 Å². The predicted octanol–water partition coefficient (Wildman–Crippen LogP) is 1.84. The van der Waals surface area contributed by atoms with E-state index in [-0.39, 0.29) is 17.9 Å². The molecule has 1 aromatic heterocycles. The molecule has 0 radical (unpaired) electrons. The number of amides is 1. The molecule has 5 nitrogen and oxygen atoms in total. The molecule has 124 valence electrons. The van der Waals surface area contributed by atoms with Crippen molar-refractivity contribution in [2.24, 2.45) is 17.8 Å². The average Bonchev–Trinajstić information content (AvgIpc) is 3.37. The molecule has 0 bridgehead atoms. The number of anilines is 1. The lowest BCUT2D eigenvalue weighted by Gasteiger charge is -2.25. The Morgan fingerprint density at radius 1 is 1.13 bits per heavy atom. The second-order valence-corrected chi connectivity index (χ2v) is 7.11. The van der Waals surface area contributed by atoms with Gasteiger partial charge in [-0.15, -0.1) is 0 Å². The normalized spacial score (nSPS) is 28.8. The largest absolute Gasteiger partial charge is 0.381 e. The summed E-state index contributed by atoms with van der Waals surface area (Å²) in [7, 11) is 0. The summed E-state index contributed by atoms with van der Waals surface area (Å²) in [5, 5.41) is 3.37. The molecule has 1 N–H and O–H groups in total. The van der Waals surface area contributed by atoms with Gasteiger partial charge in [-0.05, 0) is 43.7 Å². The van der Waals surface area contributed by atoms with Gasteiger partial charge in [-0.2, -0.15) is 0 Å². The molecule has 1 amide bonds. The second-order valence-electron chi connectivity index (χ2n) is 7.11. The van der Waals surface area contributed by atoms with Crippen LogP contribution in [-0.4, -0.2) is 43.2 Å². The third kappa shape index (κ3) is 3.34. The quantitative estimate of drug-likeness (QED) is 0.921. The monoisotopic (exact) mass is 315 g/mol. The van der Waals surface area contributed by atoms with Crippen LogP contribution in [-0.2, 0) is 9.53 Å². The number of ether oxygens (including phenoxy) is 1. The SMILES string of the molecule is O=C(N[C@@H]1CN(c2ccncc2)C[C@H]1C1CC1)C1CCOCC1. The minimum atomic E-state index is 0.138. The Balaban J connectivity index is 1.42. The average molecular weight is 315 g/mol. The van der Waals surface area contributed by atoms with E-state index in [1.54, 1.807) is 0 Å². The van der Waals surface area contributed by atoms with Crippen LogP contribution in [0, 0.1) is 17.8 Å². The zero-order valence-corrected chi connectivity index (χ0v) is 13.5. The Bertz CT molecular complexity index is 540. The van der Waals surface area contributed by atoms with Gasteiger partial charge in [0.2, 0.25) is 5.91 Å². The van der Waals surface area contributed by atoms with E-state index in [1.807, 2.05) is 12.4 Å². The molecule has 2 saturated heterocycles. The number of aromatic nitrogens is 1. The van der Waals surface area contributed by atoms with Gasteiger partial charge < -0.3 is 15.0 Å². The fourth-order valence-corrected chi connectivity index (χ4v) is 4.01. The fraction of sp³-hybridized carbons (Fsp3) is 0.667. The van der Waals surface area contributed by atoms with Crippen LogP contribution in [0.2, 0.25) is 0 Å². The van der Waals surface area contributed by atoms with Crippen molar-refractivity contribution >= 4 is 11.6 Å². The Hall–Kier alpha value is -1.62. The number of carbonyl (C=O) groups is 1. The maximum Gasteiger partial charge on any atom is 0.223 e. The molecular weight excluding hydrogens is 290 g/mol. The van der Waals surface area contributed by atoms with E-state index < -0.39 is 0 Å². The Morgan fingerprint density at radius 2 is 1.87 bits per heavy atom. The van der Waals surface area contributed by atoms with Crippen LogP contribution in [0.25, 0.3) is 0 Å². The molecule has 0 aromatic carbocycles. The summed E-state index contributed by atoms with van der Waals surface area (Å²) in [6.07, 6.45) is 8.04. The topological polar surface area (TPSA) is 54.5 Å². The van der Waals surface area contributed by atoms with Crippen LogP contribution in [0.5, 0.6) is 0 Å². The van der Waals surface area contributed by atoms with Gasteiger partial charge >= 0.3 is 0 Å². The van der Waals surface area contributed by atoms with E-state index in [1.165, 1.54) is 18.5 Å². The third-order valence-electron chi connectivity index (χ3n) is 5.54. The molecule has 23 heavy (non-hydrogen) atoms. The number of carbonyl (C=O) groups excluding carboxylic acids is 1. The van der Waals surface area contributed by atoms with E-state index in [0.717, 1.165) is 45.1 Å². The summed E-state index contributed by atoms with van der Waals surface area (Å²) in [4.78, 5) is 19.1. The molecule has 3 aliphatic rings. The number of nitrogens with one attached hydrogen (secondary N) is 1. The zero-order chi connectivity index (χ0) is 15.6. The van der Waals surface area contributed by atoms with Gasteiger partial charge in [0.05, 0.1) is 6.04 Å². The number of pyridine rings is 1. The van der Waals surface area contributed by atoms with Gasteiger partial charge in [-0.3, -0.25) is 9.78 Å². The molecule has 5 heteroatoms. The van der Waals surface area contributed by atoms with E-state index in [2.05, 4.69) is 27.3 Å². The molecule has 1 aliphatic carbocycles. The highest BCUT2D eigenvalue weighted by molar-refractivity contribution is 5.79. The van der Waals surface area contributed by atoms with Crippen LogP contribution in [0.3, 0.4) is 0 Å². The first kappa shape index (κ1) is 14.9. The summed E-state index contributed by atoms with van der Waals surface area (Å²) in [6, 6.07) is 4.41. The number of hydrogen-bond donors (Lipinski definition) is 1. The molecule has 3 heterocycles. The first-order valence-electron chi connectivity index (χ1n) is 8.84. The van der Waals surface area contributed by atoms with Crippen molar-refractivity contribution < 1.29 is 9.53 Å². The molecule has 0 unspecified atom stereocenters. The number of hydrogen-bond acceptors (Lipinski definition) is 4. The molecule has 2 atom stereocenters.